The van der Waals surface area contributed by atoms with Gasteiger partial charge in [-0.1, -0.05) is 6.08 Å². The van der Waals surface area contributed by atoms with Gasteiger partial charge in [-0.3, -0.25) is 14.8 Å². The van der Waals surface area contributed by atoms with Crippen molar-refractivity contribution in [3.05, 3.63) is 46.8 Å². The summed E-state index contributed by atoms with van der Waals surface area (Å²) in [5.41, 5.74) is 6.41. The molecule has 1 atom stereocenters. The highest BCUT2D eigenvalue weighted by Gasteiger charge is 2.43. The molecular weight excluding hydrogens is 570 g/mol. The van der Waals surface area contributed by atoms with Crippen molar-refractivity contribution in [3.63, 3.8) is 0 Å². The molecule has 3 aromatic rings. The highest BCUT2D eigenvalue weighted by atomic mass is 19.3. The molecule has 0 unspecified atom stereocenters. The number of anilines is 2. The van der Waals surface area contributed by atoms with Gasteiger partial charge in [0, 0.05) is 69.3 Å². The van der Waals surface area contributed by atoms with E-state index in [1.807, 2.05) is 11.1 Å². The molecule has 44 heavy (non-hydrogen) atoms. The van der Waals surface area contributed by atoms with E-state index in [9.17, 15) is 13.6 Å². The second kappa shape index (κ2) is 12.3. The third-order valence-corrected chi connectivity index (χ3v) is 9.03. The zero-order valence-electron chi connectivity index (χ0n) is 25.8. The number of aryl methyl sites for hydroxylation is 1. The largest absolute Gasteiger partial charge is 0.462 e. The van der Waals surface area contributed by atoms with Gasteiger partial charge in [0.15, 0.2) is 0 Å². The number of carbonyl (C=O) groups excluding carboxylic acids is 1. The third-order valence-electron chi connectivity index (χ3n) is 9.03. The van der Waals surface area contributed by atoms with Crippen LogP contribution >= 0.6 is 0 Å². The van der Waals surface area contributed by atoms with Gasteiger partial charge < -0.3 is 24.2 Å². The van der Waals surface area contributed by atoms with Crippen LogP contribution in [0.4, 0.5) is 20.3 Å². The Balaban J connectivity index is 1.27. The number of alkyl halides is 2. The van der Waals surface area contributed by atoms with Gasteiger partial charge in [-0.25, -0.2) is 8.78 Å². The summed E-state index contributed by atoms with van der Waals surface area (Å²) < 4.78 is 39.2. The molecule has 3 aliphatic heterocycles. The Hall–Kier alpha value is -3.84. The number of benzene rings is 1. The Kier molecular flexibility index (Phi) is 8.42. The molecule has 0 bridgehead atoms. The lowest BCUT2D eigenvalue weighted by Gasteiger charge is -2.38. The summed E-state index contributed by atoms with van der Waals surface area (Å²) >= 11 is 0. The van der Waals surface area contributed by atoms with Gasteiger partial charge in [0.05, 0.1) is 42.8 Å². The van der Waals surface area contributed by atoms with E-state index >= 15 is 0 Å². The number of hydrogen-bond acceptors (Lipinski definition) is 9. The third kappa shape index (κ3) is 6.07. The van der Waals surface area contributed by atoms with Crippen molar-refractivity contribution in [1.82, 2.24) is 30.0 Å². The molecule has 0 saturated carbocycles. The van der Waals surface area contributed by atoms with Crippen LogP contribution < -0.4 is 14.5 Å². The summed E-state index contributed by atoms with van der Waals surface area (Å²) in [5.74, 6) is -1.97. The molecular formula is C31H40F2N8O3. The first-order valence-corrected chi connectivity index (χ1v) is 15.1. The topological polar surface area (TPSA) is 103 Å². The number of piperazine rings is 1. The van der Waals surface area contributed by atoms with Crippen molar-refractivity contribution in [2.75, 3.05) is 76.4 Å². The highest BCUT2D eigenvalue weighted by molar-refractivity contribution is 5.94. The molecule has 2 fully saturated rings. The average molecular weight is 611 g/mol. The van der Waals surface area contributed by atoms with E-state index in [1.54, 1.807) is 31.2 Å². The number of amides is 1. The molecule has 1 amide bonds. The first-order chi connectivity index (χ1) is 21.1. The Labute approximate surface area is 255 Å². The van der Waals surface area contributed by atoms with Crippen LogP contribution in [0.15, 0.2) is 24.4 Å². The van der Waals surface area contributed by atoms with E-state index in [2.05, 4.69) is 39.9 Å². The zero-order chi connectivity index (χ0) is 31.0. The SMILES string of the molecule is COCC=CC(=O)N1CCN(c2nc(OC[C@H]3CC(F)(F)CN3C)nc3c2CCN(c2c(C)c(C)cc4[nH]ncc24)C3)CC1. The first-order valence-electron chi connectivity index (χ1n) is 15.1. The van der Waals surface area contributed by atoms with Gasteiger partial charge in [0.25, 0.3) is 5.92 Å². The van der Waals surface area contributed by atoms with Crippen molar-refractivity contribution in [3.8, 4) is 6.01 Å². The van der Waals surface area contributed by atoms with E-state index in [4.69, 9.17) is 19.4 Å². The quantitative estimate of drug-likeness (QED) is 0.386. The molecule has 0 aliphatic carbocycles. The maximum Gasteiger partial charge on any atom is 0.318 e. The van der Waals surface area contributed by atoms with E-state index < -0.39 is 12.0 Å². The van der Waals surface area contributed by atoms with E-state index in [0.717, 1.165) is 46.6 Å². The average Bonchev–Trinajstić information content (AvgIpc) is 3.57. The molecule has 6 rings (SSSR count). The number of halogens is 2. The summed E-state index contributed by atoms with van der Waals surface area (Å²) in [5, 5.41) is 8.45. The predicted octanol–water partition coefficient (Wildman–Crippen LogP) is 3.10. The van der Waals surface area contributed by atoms with Crippen LogP contribution in [0.3, 0.4) is 0 Å². The number of nitrogens with one attached hydrogen (secondary N) is 1. The molecule has 3 aliphatic rings. The van der Waals surface area contributed by atoms with Gasteiger partial charge in [-0.2, -0.15) is 15.1 Å². The molecule has 13 heteroatoms. The smallest absolute Gasteiger partial charge is 0.318 e. The second-order valence-electron chi connectivity index (χ2n) is 12.0. The van der Waals surface area contributed by atoms with Gasteiger partial charge in [0.2, 0.25) is 5.91 Å². The van der Waals surface area contributed by atoms with Gasteiger partial charge in [-0.05, 0) is 44.5 Å². The number of aromatic amines is 1. The monoisotopic (exact) mass is 610 g/mol. The van der Waals surface area contributed by atoms with Gasteiger partial charge >= 0.3 is 6.01 Å². The van der Waals surface area contributed by atoms with Crippen molar-refractivity contribution in [2.45, 2.75) is 45.2 Å². The maximum atomic E-state index is 14.0. The molecule has 1 aromatic carbocycles. The number of H-pyrrole nitrogens is 1. The second-order valence-corrected chi connectivity index (χ2v) is 12.0. The number of likely N-dealkylation sites (tertiary alicyclic amines) is 1. The zero-order valence-corrected chi connectivity index (χ0v) is 25.8. The minimum Gasteiger partial charge on any atom is -0.462 e. The minimum absolute atomic E-state index is 0.0392. The van der Waals surface area contributed by atoms with Crippen LogP contribution in [0.25, 0.3) is 10.9 Å². The summed E-state index contributed by atoms with van der Waals surface area (Å²) in [6.07, 6.45) is 5.62. The van der Waals surface area contributed by atoms with Gasteiger partial charge in [-0.15, -0.1) is 0 Å². The Morgan fingerprint density at radius 3 is 2.68 bits per heavy atom. The predicted molar refractivity (Wildman–Crippen MR) is 164 cm³/mol. The molecule has 2 aromatic heterocycles. The first kappa shape index (κ1) is 30.2. The molecule has 5 heterocycles. The van der Waals surface area contributed by atoms with Crippen LogP contribution in [-0.2, 0) is 22.5 Å². The van der Waals surface area contributed by atoms with Crippen LogP contribution in [0.1, 0.15) is 28.8 Å². The summed E-state index contributed by atoms with van der Waals surface area (Å²) in [6, 6.07) is 1.89. The van der Waals surface area contributed by atoms with Crippen molar-refractivity contribution in [1.29, 1.82) is 0 Å². The number of likely N-dealkylation sites (N-methyl/N-ethyl adjacent to an activating group) is 1. The number of carbonyl (C=O) groups is 1. The van der Waals surface area contributed by atoms with Gasteiger partial charge in [0.1, 0.15) is 12.4 Å². The maximum absolute atomic E-state index is 14.0. The summed E-state index contributed by atoms with van der Waals surface area (Å²) in [7, 11) is 3.28. The lowest BCUT2D eigenvalue weighted by Crippen LogP contribution is -2.49. The molecule has 0 radical (unpaired) electrons. The standard InChI is InChI=1S/C31H40F2N8O3/c1-20-14-25-24(16-34-37-25)28(21(20)2)41-8-7-23-26(17-41)35-30(44-18-22-15-31(32,33)19-38(22)3)36-29(23)40-11-9-39(10-12-40)27(42)6-5-13-43-4/h5-6,14,16,22H,7-13,15,17-19H2,1-4H3,(H,34,37)/t22-/m1/s1. The number of rotatable bonds is 8. The summed E-state index contributed by atoms with van der Waals surface area (Å²) in [4.78, 5) is 30.3. The van der Waals surface area contributed by atoms with Crippen LogP contribution in [0.5, 0.6) is 6.01 Å². The fourth-order valence-corrected chi connectivity index (χ4v) is 6.53. The minimum atomic E-state index is -2.73. The Morgan fingerprint density at radius 1 is 1.16 bits per heavy atom. The van der Waals surface area contributed by atoms with Crippen molar-refractivity contribution < 1.29 is 23.0 Å². The van der Waals surface area contributed by atoms with E-state index in [1.165, 1.54) is 11.1 Å². The van der Waals surface area contributed by atoms with Crippen LogP contribution in [0, 0.1) is 13.8 Å². The van der Waals surface area contributed by atoms with Crippen molar-refractivity contribution in [2.24, 2.45) is 0 Å². The fraction of sp³-hybridized carbons (Fsp3) is 0.548. The van der Waals surface area contributed by atoms with E-state index in [0.29, 0.717) is 39.3 Å². The number of nitrogens with zero attached hydrogens (tertiary/aromatic N) is 7. The molecule has 1 N–H and O–H groups in total. The molecule has 11 nitrogen and oxygen atoms in total. The van der Waals surface area contributed by atoms with E-state index in [-0.39, 0.29) is 31.5 Å². The molecule has 2 saturated heterocycles. The number of methoxy groups -OCH3 is 1. The lowest BCUT2D eigenvalue weighted by molar-refractivity contribution is -0.126. The Bertz CT molecular complexity index is 1550. The number of fused-ring (bicyclic) bond motifs is 2. The Morgan fingerprint density at radius 2 is 1.95 bits per heavy atom. The lowest BCUT2D eigenvalue weighted by atomic mass is 9.99. The van der Waals surface area contributed by atoms with Crippen LogP contribution in [-0.4, -0.2) is 114 Å². The fourth-order valence-electron chi connectivity index (χ4n) is 6.53. The normalized spacial score (nSPS) is 20.6. The van der Waals surface area contributed by atoms with Crippen molar-refractivity contribution >= 4 is 28.3 Å². The molecule has 0 spiro atoms. The number of aromatic nitrogens is 4. The number of hydrogen-bond donors (Lipinski definition) is 1. The highest BCUT2D eigenvalue weighted by Crippen LogP contribution is 2.37. The number of ether oxygens (including phenoxy) is 2. The molecule has 236 valence electrons. The van der Waals surface area contributed by atoms with Crippen LogP contribution in [0.2, 0.25) is 0 Å². The summed E-state index contributed by atoms with van der Waals surface area (Å²) in [6.45, 7) is 8.08.